The molecule has 0 fully saturated rings. The second-order valence-electron chi connectivity index (χ2n) is 3.03. The molecular weight excluding hydrogens is 202 g/mol. The molecule has 0 amide bonds. The van der Waals surface area contributed by atoms with E-state index in [9.17, 15) is 14.4 Å². The first kappa shape index (κ1) is 13.6. The van der Waals surface area contributed by atoms with Crippen molar-refractivity contribution in [2.75, 3.05) is 6.79 Å². The zero-order valence-electron chi connectivity index (χ0n) is 8.82. The van der Waals surface area contributed by atoms with E-state index in [4.69, 9.17) is 5.73 Å². The van der Waals surface area contributed by atoms with Crippen molar-refractivity contribution in [2.24, 2.45) is 5.73 Å². The lowest BCUT2D eigenvalue weighted by Crippen LogP contribution is -2.29. The molecule has 1 unspecified atom stereocenters. The van der Waals surface area contributed by atoms with Crippen LogP contribution in [0.1, 0.15) is 26.7 Å². The van der Waals surface area contributed by atoms with Gasteiger partial charge in [0.05, 0.1) is 6.04 Å². The van der Waals surface area contributed by atoms with Crippen molar-refractivity contribution in [3.8, 4) is 0 Å². The van der Waals surface area contributed by atoms with Gasteiger partial charge >= 0.3 is 11.9 Å². The topological polar surface area (TPSA) is 95.7 Å². The Labute approximate surface area is 87.7 Å². The fraction of sp³-hybridized carbons (Fsp3) is 0.667. The summed E-state index contributed by atoms with van der Waals surface area (Å²) in [4.78, 5) is 32.0. The van der Waals surface area contributed by atoms with Crippen molar-refractivity contribution >= 4 is 17.7 Å². The summed E-state index contributed by atoms with van der Waals surface area (Å²) < 4.78 is 8.92. The Morgan fingerprint density at radius 1 is 1.20 bits per heavy atom. The molecule has 15 heavy (non-hydrogen) atoms. The number of rotatable bonds is 6. The first-order valence-electron chi connectivity index (χ1n) is 4.48. The van der Waals surface area contributed by atoms with E-state index < -0.39 is 24.8 Å². The van der Waals surface area contributed by atoms with E-state index in [-0.39, 0.29) is 18.6 Å². The first-order valence-corrected chi connectivity index (χ1v) is 4.48. The molecule has 0 rings (SSSR count). The summed E-state index contributed by atoms with van der Waals surface area (Å²) in [5.74, 6) is -1.25. The van der Waals surface area contributed by atoms with E-state index >= 15 is 0 Å². The highest BCUT2D eigenvalue weighted by Crippen LogP contribution is 1.98. The van der Waals surface area contributed by atoms with Crippen LogP contribution in [0.25, 0.3) is 0 Å². The molecule has 0 aliphatic rings. The quantitative estimate of drug-likeness (QED) is 0.486. The van der Waals surface area contributed by atoms with E-state index in [0.717, 1.165) is 0 Å². The third kappa shape index (κ3) is 7.63. The number of esters is 2. The van der Waals surface area contributed by atoms with Gasteiger partial charge in [0.15, 0.2) is 0 Å². The van der Waals surface area contributed by atoms with E-state index in [1.165, 1.54) is 13.8 Å². The number of nitrogens with two attached hydrogens (primary N) is 1. The van der Waals surface area contributed by atoms with Gasteiger partial charge in [-0.2, -0.15) is 0 Å². The monoisotopic (exact) mass is 217 g/mol. The van der Waals surface area contributed by atoms with Gasteiger partial charge in [0.2, 0.25) is 6.79 Å². The lowest BCUT2D eigenvalue weighted by atomic mass is 10.1. The number of ether oxygens (including phenoxy) is 2. The summed E-state index contributed by atoms with van der Waals surface area (Å²) in [6, 6.07) is -0.647. The predicted molar refractivity (Wildman–Crippen MR) is 50.6 cm³/mol. The van der Waals surface area contributed by atoms with Crippen LogP contribution in [0, 0.1) is 0 Å². The molecule has 0 spiro atoms. The van der Waals surface area contributed by atoms with Crippen molar-refractivity contribution in [2.45, 2.75) is 32.7 Å². The van der Waals surface area contributed by atoms with Crippen molar-refractivity contribution in [3.05, 3.63) is 0 Å². The molecule has 86 valence electrons. The molecule has 0 saturated carbocycles. The minimum atomic E-state index is -0.647. The molecule has 0 heterocycles. The Bertz CT molecular complexity index is 251. The lowest BCUT2D eigenvalue weighted by molar-refractivity contribution is -0.165. The third-order valence-electron chi connectivity index (χ3n) is 1.66. The maximum atomic E-state index is 11.0. The maximum Gasteiger partial charge on any atom is 0.308 e. The minimum Gasteiger partial charge on any atom is -0.428 e. The van der Waals surface area contributed by atoms with Gasteiger partial charge in [0.1, 0.15) is 5.78 Å². The van der Waals surface area contributed by atoms with Crippen LogP contribution in [-0.2, 0) is 23.9 Å². The van der Waals surface area contributed by atoms with Gasteiger partial charge in [0.25, 0.3) is 0 Å². The van der Waals surface area contributed by atoms with Gasteiger partial charge in [-0.25, -0.2) is 0 Å². The molecular formula is C9H15NO5. The first-order chi connectivity index (χ1) is 6.93. The molecule has 0 radical (unpaired) electrons. The van der Waals surface area contributed by atoms with Gasteiger partial charge in [-0.15, -0.1) is 0 Å². The molecule has 0 aromatic carbocycles. The Morgan fingerprint density at radius 3 is 2.27 bits per heavy atom. The van der Waals surface area contributed by atoms with Crippen molar-refractivity contribution in [1.29, 1.82) is 0 Å². The largest absolute Gasteiger partial charge is 0.428 e. The van der Waals surface area contributed by atoms with Gasteiger partial charge in [-0.05, 0) is 13.3 Å². The summed E-state index contributed by atoms with van der Waals surface area (Å²) in [6.45, 7) is 2.16. The molecule has 0 aromatic rings. The maximum absolute atomic E-state index is 11.0. The highest BCUT2D eigenvalue weighted by atomic mass is 16.7. The fourth-order valence-corrected chi connectivity index (χ4v) is 0.727. The summed E-state index contributed by atoms with van der Waals surface area (Å²) in [6.07, 6.45) is 0.260. The van der Waals surface area contributed by atoms with Crippen molar-refractivity contribution in [3.63, 3.8) is 0 Å². The van der Waals surface area contributed by atoms with Crippen molar-refractivity contribution < 1.29 is 23.9 Å². The van der Waals surface area contributed by atoms with Crippen LogP contribution in [0.4, 0.5) is 0 Å². The SMILES string of the molecule is CC(=O)OCOC(=O)CCC(N)C(C)=O. The number of hydrogen-bond acceptors (Lipinski definition) is 6. The zero-order valence-corrected chi connectivity index (χ0v) is 8.82. The smallest absolute Gasteiger partial charge is 0.308 e. The second-order valence-corrected chi connectivity index (χ2v) is 3.03. The average Bonchev–Trinajstić information content (AvgIpc) is 2.13. The molecule has 2 N–H and O–H groups in total. The summed E-state index contributed by atoms with van der Waals surface area (Å²) in [5, 5.41) is 0. The fourth-order valence-electron chi connectivity index (χ4n) is 0.727. The summed E-state index contributed by atoms with van der Waals surface area (Å²) in [5.41, 5.74) is 5.40. The molecule has 0 saturated heterocycles. The Balaban J connectivity index is 3.57. The van der Waals surface area contributed by atoms with Crippen LogP contribution >= 0.6 is 0 Å². The zero-order chi connectivity index (χ0) is 11.8. The highest BCUT2D eigenvalue weighted by Gasteiger charge is 2.11. The highest BCUT2D eigenvalue weighted by molar-refractivity contribution is 5.81. The number of ketones is 1. The van der Waals surface area contributed by atoms with Gasteiger partial charge in [-0.1, -0.05) is 0 Å². The average molecular weight is 217 g/mol. The molecule has 1 atom stereocenters. The molecule has 0 aromatic heterocycles. The second kappa shape index (κ2) is 6.94. The third-order valence-corrected chi connectivity index (χ3v) is 1.66. The van der Waals surface area contributed by atoms with Crippen LogP contribution in [0.3, 0.4) is 0 Å². The summed E-state index contributed by atoms with van der Waals surface area (Å²) in [7, 11) is 0. The van der Waals surface area contributed by atoms with Gasteiger partial charge in [0, 0.05) is 13.3 Å². The number of carbonyl (C=O) groups is 3. The molecule has 6 nitrogen and oxygen atoms in total. The molecule has 0 aliphatic carbocycles. The Kier molecular flexibility index (Phi) is 6.28. The van der Waals surface area contributed by atoms with Crippen LogP contribution in [0.5, 0.6) is 0 Å². The van der Waals surface area contributed by atoms with E-state index in [2.05, 4.69) is 9.47 Å². The van der Waals surface area contributed by atoms with Gasteiger partial charge in [-0.3, -0.25) is 14.4 Å². The van der Waals surface area contributed by atoms with Crippen molar-refractivity contribution in [1.82, 2.24) is 0 Å². The van der Waals surface area contributed by atoms with Crippen LogP contribution in [0.2, 0.25) is 0 Å². The number of Topliss-reactive ketones (excluding diaryl/α,β-unsaturated/α-hetero) is 1. The summed E-state index contributed by atoms with van der Waals surface area (Å²) >= 11 is 0. The predicted octanol–water partition coefficient (Wildman–Crippen LogP) is -0.253. The molecule has 6 heteroatoms. The lowest BCUT2D eigenvalue weighted by Gasteiger charge is -2.07. The van der Waals surface area contributed by atoms with E-state index in [1.54, 1.807) is 0 Å². The molecule has 0 aliphatic heterocycles. The number of carbonyl (C=O) groups excluding carboxylic acids is 3. The normalized spacial score (nSPS) is 11.7. The van der Waals surface area contributed by atoms with E-state index in [1.807, 2.05) is 0 Å². The molecule has 0 bridgehead atoms. The van der Waals surface area contributed by atoms with Gasteiger partial charge < -0.3 is 15.2 Å². The Morgan fingerprint density at radius 2 is 1.80 bits per heavy atom. The van der Waals surface area contributed by atoms with Crippen LogP contribution in [0.15, 0.2) is 0 Å². The van der Waals surface area contributed by atoms with Crippen LogP contribution in [-0.4, -0.2) is 30.6 Å². The number of hydrogen-bond donors (Lipinski definition) is 1. The Hall–Kier alpha value is -1.43. The van der Waals surface area contributed by atoms with E-state index in [0.29, 0.717) is 0 Å². The minimum absolute atomic E-state index is 0.0298. The standard InChI is InChI=1S/C9H15NO5/c1-6(11)8(10)3-4-9(13)15-5-14-7(2)12/h8H,3-5,10H2,1-2H3. The van der Waals surface area contributed by atoms with Crippen LogP contribution < -0.4 is 5.73 Å².